The standard InChI is InChI=1S/C23H24ClN3O3S/c1-31(29,30)27(22-6-3-2-5-21(22)24)16-4-7-23(28)26-20-10-8-18(9-11-20)17-19-12-14-25-15-13-19/h2-3,5-6,8-15H,4,7,16-17H2,1H3,(H,26,28). The molecule has 31 heavy (non-hydrogen) atoms. The molecule has 6 nitrogen and oxygen atoms in total. The SMILES string of the molecule is CS(=O)(=O)N(CCCC(=O)Nc1ccc(Cc2ccncc2)cc1)c1ccccc1Cl. The summed E-state index contributed by atoms with van der Waals surface area (Å²) in [6, 6.07) is 18.4. The van der Waals surface area contributed by atoms with Gasteiger partial charge in [-0.2, -0.15) is 0 Å². The largest absolute Gasteiger partial charge is 0.326 e. The van der Waals surface area contributed by atoms with Crippen molar-refractivity contribution in [1.82, 2.24) is 4.98 Å². The molecule has 1 heterocycles. The summed E-state index contributed by atoms with van der Waals surface area (Å²) in [5.74, 6) is -0.172. The molecular weight excluding hydrogens is 434 g/mol. The first-order valence-corrected chi connectivity index (χ1v) is 12.1. The van der Waals surface area contributed by atoms with E-state index in [1.54, 1.807) is 36.7 Å². The van der Waals surface area contributed by atoms with Gasteiger partial charge in [-0.1, -0.05) is 35.9 Å². The van der Waals surface area contributed by atoms with Gasteiger partial charge in [-0.05, 0) is 60.4 Å². The van der Waals surface area contributed by atoms with Crippen molar-refractivity contribution in [3.8, 4) is 0 Å². The number of pyridine rings is 1. The molecule has 0 aliphatic heterocycles. The lowest BCUT2D eigenvalue weighted by molar-refractivity contribution is -0.116. The maximum atomic E-state index is 12.3. The molecule has 3 aromatic rings. The fraction of sp³-hybridized carbons (Fsp3) is 0.217. The Balaban J connectivity index is 1.53. The van der Waals surface area contributed by atoms with E-state index < -0.39 is 10.0 Å². The number of aromatic nitrogens is 1. The van der Waals surface area contributed by atoms with Crippen LogP contribution in [0.25, 0.3) is 0 Å². The second-order valence-electron chi connectivity index (χ2n) is 7.17. The first-order valence-electron chi connectivity index (χ1n) is 9.83. The van der Waals surface area contributed by atoms with Gasteiger partial charge in [0.05, 0.1) is 17.0 Å². The summed E-state index contributed by atoms with van der Waals surface area (Å²) >= 11 is 6.15. The smallest absolute Gasteiger partial charge is 0.232 e. The van der Waals surface area contributed by atoms with Gasteiger partial charge < -0.3 is 5.32 Å². The minimum Gasteiger partial charge on any atom is -0.326 e. The van der Waals surface area contributed by atoms with Crippen molar-refractivity contribution in [1.29, 1.82) is 0 Å². The molecule has 1 N–H and O–H groups in total. The molecule has 1 amide bonds. The quantitative estimate of drug-likeness (QED) is 0.512. The average Bonchev–Trinajstić information content (AvgIpc) is 2.73. The zero-order chi connectivity index (χ0) is 22.3. The van der Waals surface area contributed by atoms with Crippen molar-refractivity contribution in [3.05, 3.63) is 89.2 Å². The van der Waals surface area contributed by atoms with Crippen molar-refractivity contribution in [2.45, 2.75) is 19.3 Å². The monoisotopic (exact) mass is 457 g/mol. The maximum Gasteiger partial charge on any atom is 0.232 e. The number of hydrogen-bond donors (Lipinski definition) is 1. The molecule has 3 rings (SSSR count). The Morgan fingerprint density at radius 3 is 2.29 bits per heavy atom. The fourth-order valence-electron chi connectivity index (χ4n) is 3.17. The summed E-state index contributed by atoms with van der Waals surface area (Å²) in [5.41, 5.74) is 3.42. The Morgan fingerprint density at radius 2 is 1.65 bits per heavy atom. The second kappa shape index (κ2) is 10.4. The Bertz CT molecular complexity index is 1120. The summed E-state index contributed by atoms with van der Waals surface area (Å²) in [6.07, 6.45) is 6.00. The van der Waals surface area contributed by atoms with Crippen LogP contribution in [0.15, 0.2) is 73.1 Å². The lowest BCUT2D eigenvalue weighted by Crippen LogP contribution is -2.31. The highest BCUT2D eigenvalue weighted by molar-refractivity contribution is 7.92. The predicted octanol–water partition coefficient (Wildman–Crippen LogP) is 4.51. The zero-order valence-electron chi connectivity index (χ0n) is 17.2. The second-order valence-corrected chi connectivity index (χ2v) is 9.48. The van der Waals surface area contributed by atoms with Crippen LogP contribution in [-0.2, 0) is 21.2 Å². The van der Waals surface area contributed by atoms with E-state index in [2.05, 4.69) is 10.3 Å². The third-order valence-corrected chi connectivity index (χ3v) is 6.18. The lowest BCUT2D eigenvalue weighted by atomic mass is 10.1. The van der Waals surface area contributed by atoms with Crippen LogP contribution < -0.4 is 9.62 Å². The van der Waals surface area contributed by atoms with Crippen molar-refractivity contribution >= 4 is 38.9 Å². The van der Waals surface area contributed by atoms with Gasteiger partial charge in [-0.3, -0.25) is 14.1 Å². The van der Waals surface area contributed by atoms with Gasteiger partial charge in [0, 0.05) is 31.0 Å². The molecule has 0 aliphatic rings. The number of carbonyl (C=O) groups is 1. The summed E-state index contributed by atoms with van der Waals surface area (Å²) in [6.45, 7) is 0.168. The topological polar surface area (TPSA) is 79.4 Å². The van der Waals surface area contributed by atoms with Gasteiger partial charge in [-0.25, -0.2) is 8.42 Å². The van der Waals surface area contributed by atoms with Crippen LogP contribution in [0.3, 0.4) is 0 Å². The summed E-state index contributed by atoms with van der Waals surface area (Å²) in [4.78, 5) is 16.3. The van der Waals surface area contributed by atoms with Gasteiger partial charge in [0.1, 0.15) is 0 Å². The van der Waals surface area contributed by atoms with E-state index >= 15 is 0 Å². The number of benzene rings is 2. The lowest BCUT2D eigenvalue weighted by Gasteiger charge is -2.23. The van der Waals surface area contributed by atoms with Gasteiger partial charge in [0.25, 0.3) is 0 Å². The van der Waals surface area contributed by atoms with Crippen molar-refractivity contribution in [3.63, 3.8) is 0 Å². The molecule has 0 saturated heterocycles. The number of para-hydroxylation sites is 1. The molecule has 8 heteroatoms. The molecule has 0 saturated carbocycles. The molecule has 2 aromatic carbocycles. The number of anilines is 2. The van der Waals surface area contributed by atoms with Gasteiger partial charge >= 0.3 is 0 Å². The van der Waals surface area contributed by atoms with E-state index in [0.717, 1.165) is 18.2 Å². The third-order valence-electron chi connectivity index (χ3n) is 4.68. The molecule has 0 spiro atoms. The molecule has 0 atom stereocenters. The number of nitrogens with one attached hydrogen (secondary N) is 1. The van der Waals surface area contributed by atoms with E-state index in [4.69, 9.17) is 11.6 Å². The maximum absolute atomic E-state index is 12.3. The zero-order valence-corrected chi connectivity index (χ0v) is 18.7. The Morgan fingerprint density at radius 1 is 1.00 bits per heavy atom. The van der Waals surface area contributed by atoms with Crippen LogP contribution in [0.4, 0.5) is 11.4 Å². The van der Waals surface area contributed by atoms with Crippen LogP contribution in [0.1, 0.15) is 24.0 Å². The number of sulfonamides is 1. The number of nitrogens with zero attached hydrogens (tertiary/aromatic N) is 2. The van der Waals surface area contributed by atoms with E-state index in [0.29, 0.717) is 22.8 Å². The van der Waals surface area contributed by atoms with Gasteiger partial charge in [0.15, 0.2) is 0 Å². The molecule has 1 aromatic heterocycles. The van der Waals surface area contributed by atoms with Crippen LogP contribution in [0.5, 0.6) is 0 Å². The van der Waals surface area contributed by atoms with E-state index in [1.807, 2.05) is 36.4 Å². The predicted molar refractivity (Wildman–Crippen MR) is 125 cm³/mol. The minimum atomic E-state index is -3.51. The number of halogens is 1. The molecule has 162 valence electrons. The number of carbonyl (C=O) groups excluding carboxylic acids is 1. The fourth-order valence-corrected chi connectivity index (χ4v) is 4.43. The van der Waals surface area contributed by atoms with Crippen molar-refractivity contribution < 1.29 is 13.2 Å². The Labute approximate surface area is 187 Å². The van der Waals surface area contributed by atoms with Crippen molar-refractivity contribution in [2.24, 2.45) is 0 Å². The average molecular weight is 458 g/mol. The Kier molecular flexibility index (Phi) is 7.65. The number of rotatable bonds is 9. The molecule has 0 aliphatic carbocycles. The molecule has 0 bridgehead atoms. The van der Waals surface area contributed by atoms with E-state index in [1.165, 1.54) is 9.87 Å². The molecular formula is C23H24ClN3O3S. The minimum absolute atomic E-state index is 0.168. The number of hydrogen-bond acceptors (Lipinski definition) is 4. The summed E-state index contributed by atoms with van der Waals surface area (Å²) in [5, 5.41) is 3.20. The van der Waals surface area contributed by atoms with E-state index in [9.17, 15) is 13.2 Å². The molecule has 0 radical (unpaired) electrons. The first-order chi connectivity index (χ1) is 14.8. The van der Waals surface area contributed by atoms with E-state index in [-0.39, 0.29) is 18.9 Å². The highest BCUT2D eigenvalue weighted by atomic mass is 35.5. The Hall–Kier alpha value is -2.90. The van der Waals surface area contributed by atoms with Crippen LogP contribution >= 0.6 is 11.6 Å². The highest BCUT2D eigenvalue weighted by Gasteiger charge is 2.19. The summed E-state index contributed by atoms with van der Waals surface area (Å²) < 4.78 is 25.6. The van der Waals surface area contributed by atoms with Crippen LogP contribution in [-0.4, -0.2) is 32.1 Å². The summed E-state index contributed by atoms with van der Waals surface area (Å²) in [7, 11) is -3.51. The normalized spacial score (nSPS) is 11.2. The van der Waals surface area contributed by atoms with Gasteiger partial charge in [-0.15, -0.1) is 0 Å². The first kappa shape index (κ1) is 22.8. The van der Waals surface area contributed by atoms with Crippen molar-refractivity contribution in [2.75, 3.05) is 22.4 Å². The third kappa shape index (κ3) is 6.80. The van der Waals surface area contributed by atoms with Crippen LogP contribution in [0.2, 0.25) is 5.02 Å². The van der Waals surface area contributed by atoms with Crippen LogP contribution in [0, 0.1) is 0 Å². The molecule has 0 fully saturated rings. The highest BCUT2D eigenvalue weighted by Crippen LogP contribution is 2.27. The molecule has 0 unspecified atom stereocenters. The number of amides is 1. The van der Waals surface area contributed by atoms with Gasteiger partial charge in [0.2, 0.25) is 15.9 Å².